The monoisotopic (exact) mass is 268 g/mol. The fourth-order valence-corrected chi connectivity index (χ4v) is 2.56. The summed E-state index contributed by atoms with van der Waals surface area (Å²) < 4.78 is 26.3. The predicted molar refractivity (Wildman–Crippen MR) is 69.7 cm³/mol. The molecule has 0 aliphatic heterocycles. The summed E-state index contributed by atoms with van der Waals surface area (Å²) in [5.74, 6) is -1.22. The summed E-state index contributed by atoms with van der Waals surface area (Å²) >= 11 is 1.61. The van der Waals surface area contributed by atoms with Crippen LogP contribution >= 0.6 is 11.3 Å². The van der Waals surface area contributed by atoms with Crippen LogP contribution in [0.5, 0.6) is 0 Å². The number of halogens is 2. The molecule has 96 valence electrons. The fraction of sp³-hybridized carbons (Fsp3) is 0.308. The number of nitrogens with zero attached hydrogens (tertiary/aromatic N) is 1. The number of hydrogen-bond donors (Lipinski definition) is 1. The number of nitrogens with one attached hydrogen (secondary N) is 1. The van der Waals surface area contributed by atoms with E-state index in [-0.39, 0.29) is 11.9 Å². The Labute approximate surface area is 109 Å². The second kappa shape index (κ2) is 5.91. The third-order valence-corrected chi connectivity index (χ3v) is 3.57. The van der Waals surface area contributed by atoms with E-state index in [1.807, 2.05) is 17.5 Å². The van der Waals surface area contributed by atoms with E-state index in [0.717, 1.165) is 30.0 Å². The molecule has 1 atom stereocenters. The minimum Gasteiger partial charge on any atom is -0.360 e. The molecule has 18 heavy (non-hydrogen) atoms. The Balaban J connectivity index is 2.18. The number of anilines is 1. The maximum Gasteiger partial charge on any atom is 0.168 e. The average Bonchev–Trinajstić information content (AvgIpc) is 2.85. The highest BCUT2D eigenvalue weighted by atomic mass is 32.1. The number of pyridine rings is 1. The van der Waals surface area contributed by atoms with Gasteiger partial charge in [0.05, 0.1) is 12.2 Å². The lowest BCUT2D eigenvalue weighted by Crippen LogP contribution is -2.11. The van der Waals surface area contributed by atoms with E-state index in [9.17, 15) is 8.78 Å². The largest absolute Gasteiger partial charge is 0.360 e. The van der Waals surface area contributed by atoms with Gasteiger partial charge >= 0.3 is 0 Å². The van der Waals surface area contributed by atoms with Crippen molar-refractivity contribution in [1.82, 2.24) is 4.98 Å². The highest BCUT2D eigenvalue weighted by molar-refractivity contribution is 7.10. The highest BCUT2D eigenvalue weighted by Crippen LogP contribution is 2.27. The Morgan fingerprint density at radius 3 is 2.89 bits per heavy atom. The Bertz CT molecular complexity index is 500. The molecule has 0 spiro atoms. The van der Waals surface area contributed by atoms with Gasteiger partial charge in [-0.2, -0.15) is 0 Å². The van der Waals surface area contributed by atoms with Gasteiger partial charge in [-0.1, -0.05) is 19.4 Å². The third kappa shape index (κ3) is 3.04. The molecule has 2 rings (SSSR count). The molecule has 0 aromatic carbocycles. The Morgan fingerprint density at radius 2 is 2.28 bits per heavy atom. The Morgan fingerprint density at radius 1 is 1.44 bits per heavy atom. The Hall–Kier alpha value is -1.49. The van der Waals surface area contributed by atoms with Crippen LogP contribution in [-0.4, -0.2) is 4.98 Å². The highest BCUT2D eigenvalue weighted by Gasteiger charge is 2.14. The smallest absolute Gasteiger partial charge is 0.168 e. The lowest BCUT2D eigenvalue weighted by Gasteiger charge is -2.17. The zero-order valence-electron chi connectivity index (χ0n) is 9.99. The second-order valence-corrected chi connectivity index (χ2v) is 4.96. The number of rotatable bonds is 5. The van der Waals surface area contributed by atoms with Crippen molar-refractivity contribution >= 4 is 17.2 Å². The second-order valence-electron chi connectivity index (χ2n) is 3.98. The van der Waals surface area contributed by atoms with Gasteiger partial charge in [0.15, 0.2) is 11.6 Å². The van der Waals surface area contributed by atoms with Crippen molar-refractivity contribution in [3.05, 3.63) is 46.3 Å². The van der Waals surface area contributed by atoms with Crippen LogP contribution in [0.3, 0.4) is 0 Å². The summed E-state index contributed by atoms with van der Waals surface area (Å²) in [7, 11) is 0. The molecule has 2 nitrogen and oxygen atoms in total. The normalized spacial score (nSPS) is 12.4. The van der Waals surface area contributed by atoms with Crippen LogP contribution < -0.4 is 5.32 Å². The first-order chi connectivity index (χ1) is 8.70. The lowest BCUT2D eigenvalue weighted by molar-refractivity contribution is 0.570. The molecule has 0 saturated heterocycles. The quantitative estimate of drug-likeness (QED) is 0.870. The van der Waals surface area contributed by atoms with Crippen molar-refractivity contribution < 1.29 is 8.78 Å². The van der Waals surface area contributed by atoms with Crippen LogP contribution in [0.15, 0.2) is 29.8 Å². The van der Waals surface area contributed by atoms with Crippen molar-refractivity contribution in [2.75, 3.05) is 5.32 Å². The van der Waals surface area contributed by atoms with Gasteiger partial charge in [0.2, 0.25) is 0 Å². The molecule has 0 saturated carbocycles. The van der Waals surface area contributed by atoms with Gasteiger partial charge in [0.1, 0.15) is 5.82 Å². The molecule has 1 unspecified atom stereocenters. The summed E-state index contributed by atoms with van der Waals surface area (Å²) in [5.41, 5.74) is 0. The fourth-order valence-electron chi connectivity index (χ4n) is 1.75. The molecule has 0 radical (unpaired) electrons. The van der Waals surface area contributed by atoms with Gasteiger partial charge in [0, 0.05) is 10.9 Å². The maximum absolute atomic E-state index is 13.5. The molecule has 2 heterocycles. The molecular formula is C13H14F2N2S. The summed E-state index contributed by atoms with van der Waals surface area (Å²) in [6.07, 6.45) is 2.86. The number of thiophene rings is 1. The van der Waals surface area contributed by atoms with Crippen molar-refractivity contribution in [2.45, 2.75) is 25.8 Å². The predicted octanol–water partition coefficient (Wildman–Crippen LogP) is 4.37. The van der Waals surface area contributed by atoms with Crippen LogP contribution in [0.25, 0.3) is 0 Å². The molecule has 1 N–H and O–H groups in total. The zero-order chi connectivity index (χ0) is 13.0. The van der Waals surface area contributed by atoms with Gasteiger partial charge < -0.3 is 5.32 Å². The van der Waals surface area contributed by atoms with Gasteiger partial charge in [0.25, 0.3) is 0 Å². The summed E-state index contributed by atoms with van der Waals surface area (Å²) in [6, 6.07) is 4.81. The third-order valence-electron chi connectivity index (χ3n) is 2.58. The first kappa shape index (κ1) is 13.0. The summed E-state index contributed by atoms with van der Waals surface area (Å²) in [6.45, 7) is 2.07. The van der Waals surface area contributed by atoms with E-state index >= 15 is 0 Å². The van der Waals surface area contributed by atoms with Crippen LogP contribution in [0.2, 0.25) is 0 Å². The minimum absolute atomic E-state index is 0.0162. The van der Waals surface area contributed by atoms with Crippen molar-refractivity contribution in [2.24, 2.45) is 0 Å². The molecular weight excluding hydrogens is 254 g/mol. The van der Waals surface area contributed by atoms with Crippen LogP contribution in [-0.2, 0) is 0 Å². The van der Waals surface area contributed by atoms with Crippen LogP contribution in [0, 0.1) is 11.6 Å². The van der Waals surface area contributed by atoms with Crippen LogP contribution in [0.4, 0.5) is 14.6 Å². The van der Waals surface area contributed by atoms with E-state index < -0.39 is 11.6 Å². The first-order valence-corrected chi connectivity index (χ1v) is 6.69. The molecule has 0 amide bonds. The average molecular weight is 268 g/mol. The van der Waals surface area contributed by atoms with Gasteiger partial charge in [-0.3, -0.25) is 0 Å². The zero-order valence-corrected chi connectivity index (χ0v) is 10.8. The topological polar surface area (TPSA) is 24.9 Å². The minimum atomic E-state index is -0.666. The standard InChI is InChI=1S/C13H14F2N2S/c1-2-4-11(12-5-3-6-18-12)17-13-10(15)7-9(14)8-16-13/h3,5-8,11H,2,4H2,1H3,(H,16,17). The van der Waals surface area contributed by atoms with E-state index in [1.54, 1.807) is 11.3 Å². The number of hydrogen-bond acceptors (Lipinski definition) is 3. The summed E-state index contributed by atoms with van der Waals surface area (Å²) in [5, 5.41) is 5.02. The lowest BCUT2D eigenvalue weighted by atomic mass is 10.1. The van der Waals surface area contributed by atoms with Gasteiger partial charge in [-0.15, -0.1) is 11.3 Å². The van der Waals surface area contributed by atoms with E-state index in [0.29, 0.717) is 0 Å². The van der Waals surface area contributed by atoms with E-state index in [4.69, 9.17) is 0 Å². The number of aromatic nitrogens is 1. The molecule has 0 fully saturated rings. The maximum atomic E-state index is 13.5. The first-order valence-electron chi connectivity index (χ1n) is 5.81. The summed E-state index contributed by atoms with van der Waals surface area (Å²) in [4.78, 5) is 4.88. The van der Waals surface area contributed by atoms with Crippen molar-refractivity contribution in [1.29, 1.82) is 0 Å². The molecule has 2 aromatic rings. The van der Waals surface area contributed by atoms with Crippen molar-refractivity contribution in [3.8, 4) is 0 Å². The molecule has 5 heteroatoms. The molecule has 2 aromatic heterocycles. The molecule has 0 bridgehead atoms. The van der Waals surface area contributed by atoms with E-state index in [2.05, 4.69) is 17.2 Å². The SMILES string of the molecule is CCCC(Nc1ncc(F)cc1F)c1cccs1. The van der Waals surface area contributed by atoms with Crippen LogP contribution in [0.1, 0.15) is 30.7 Å². The molecule has 0 aliphatic rings. The van der Waals surface area contributed by atoms with Gasteiger partial charge in [-0.25, -0.2) is 13.8 Å². The Kier molecular flexibility index (Phi) is 4.25. The van der Waals surface area contributed by atoms with Gasteiger partial charge in [-0.05, 0) is 17.9 Å². The molecule has 0 aliphatic carbocycles. The van der Waals surface area contributed by atoms with E-state index in [1.165, 1.54) is 0 Å². The van der Waals surface area contributed by atoms with Crippen molar-refractivity contribution in [3.63, 3.8) is 0 Å².